The SMILES string of the molecule is O=C(O)C1CCN(Cc2nccn2C(F)F)CC1C(=O)O. The Labute approximate surface area is 118 Å². The Hall–Kier alpha value is -2.03. The standard InChI is InChI=1S/C12H15F2N3O4/c13-12(14)17-4-2-15-9(17)6-16-3-1-7(10(18)19)8(5-16)11(20)21/h2,4,7-8,12H,1,3,5-6H2,(H,18,19)(H,20,21). The second kappa shape index (κ2) is 6.17. The number of carboxylic acids is 2. The number of aromatic nitrogens is 2. The van der Waals surface area contributed by atoms with Crippen LogP contribution in [0.25, 0.3) is 0 Å². The van der Waals surface area contributed by atoms with Crippen LogP contribution in [0.4, 0.5) is 8.78 Å². The average Bonchev–Trinajstić information content (AvgIpc) is 2.86. The van der Waals surface area contributed by atoms with Crippen LogP contribution in [0.2, 0.25) is 0 Å². The van der Waals surface area contributed by atoms with E-state index in [1.807, 2.05) is 0 Å². The number of likely N-dealkylation sites (tertiary alicyclic amines) is 1. The number of alkyl halides is 2. The van der Waals surface area contributed by atoms with Crippen LogP contribution in [0.1, 0.15) is 18.8 Å². The van der Waals surface area contributed by atoms with E-state index in [1.165, 1.54) is 6.20 Å². The number of imidazole rings is 1. The van der Waals surface area contributed by atoms with E-state index in [-0.39, 0.29) is 25.3 Å². The predicted octanol–water partition coefficient (Wildman–Crippen LogP) is 0.885. The van der Waals surface area contributed by atoms with Crippen molar-refractivity contribution in [1.82, 2.24) is 14.5 Å². The Morgan fingerprint density at radius 3 is 2.57 bits per heavy atom. The maximum atomic E-state index is 12.7. The van der Waals surface area contributed by atoms with Gasteiger partial charge in [-0.3, -0.25) is 19.1 Å². The van der Waals surface area contributed by atoms with Gasteiger partial charge in [0.15, 0.2) is 0 Å². The van der Waals surface area contributed by atoms with E-state index in [0.717, 1.165) is 6.20 Å². The topological polar surface area (TPSA) is 95.7 Å². The largest absolute Gasteiger partial charge is 0.481 e. The Kier molecular flexibility index (Phi) is 4.51. The third kappa shape index (κ3) is 3.35. The van der Waals surface area contributed by atoms with Gasteiger partial charge in [-0.25, -0.2) is 4.98 Å². The lowest BCUT2D eigenvalue weighted by molar-refractivity contribution is -0.157. The van der Waals surface area contributed by atoms with Crippen molar-refractivity contribution < 1.29 is 28.6 Å². The summed E-state index contributed by atoms with van der Waals surface area (Å²) < 4.78 is 26.1. The highest BCUT2D eigenvalue weighted by Crippen LogP contribution is 2.26. The van der Waals surface area contributed by atoms with Gasteiger partial charge in [-0.15, -0.1) is 0 Å². The van der Waals surface area contributed by atoms with E-state index in [1.54, 1.807) is 4.90 Å². The molecule has 0 aliphatic carbocycles. The molecule has 0 amide bonds. The quantitative estimate of drug-likeness (QED) is 0.838. The van der Waals surface area contributed by atoms with Gasteiger partial charge in [0.05, 0.1) is 18.4 Å². The number of aliphatic carboxylic acids is 2. The van der Waals surface area contributed by atoms with Crippen LogP contribution in [0.3, 0.4) is 0 Å². The number of piperidine rings is 1. The molecule has 2 N–H and O–H groups in total. The molecule has 2 unspecified atom stereocenters. The minimum absolute atomic E-state index is 0.00238. The molecule has 1 aliphatic rings. The van der Waals surface area contributed by atoms with E-state index < -0.39 is 30.3 Å². The Morgan fingerprint density at radius 1 is 1.33 bits per heavy atom. The zero-order chi connectivity index (χ0) is 15.6. The molecular weight excluding hydrogens is 288 g/mol. The molecule has 0 saturated carbocycles. The molecule has 21 heavy (non-hydrogen) atoms. The molecule has 2 heterocycles. The first kappa shape index (κ1) is 15.4. The third-order valence-electron chi connectivity index (χ3n) is 3.66. The van der Waals surface area contributed by atoms with Crippen molar-refractivity contribution >= 4 is 11.9 Å². The van der Waals surface area contributed by atoms with Gasteiger partial charge >= 0.3 is 18.5 Å². The summed E-state index contributed by atoms with van der Waals surface area (Å²) >= 11 is 0. The number of nitrogens with zero attached hydrogens (tertiary/aromatic N) is 3. The van der Waals surface area contributed by atoms with Gasteiger partial charge in [0.1, 0.15) is 5.82 Å². The molecule has 0 bridgehead atoms. The van der Waals surface area contributed by atoms with E-state index in [0.29, 0.717) is 11.1 Å². The second-order valence-corrected chi connectivity index (χ2v) is 4.94. The third-order valence-corrected chi connectivity index (χ3v) is 3.66. The molecule has 1 aromatic rings. The smallest absolute Gasteiger partial charge is 0.319 e. The fraction of sp³-hybridized carbons (Fsp3) is 0.583. The summed E-state index contributed by atoms with van der Waals surface area (Å²) in [4.78, 5) is 27.7. The number of hydrogen-bond donors (Lipinski definition) is 2. The van der Waals surface area contributed by atoms with Crippen molar-refractivity contribution in [2.24, 2.45) is 11.8 Å². The molecule has 0 aromatic carbocycles. The van der Waals surface area contributed by atoms with Gasteiger partial charge < -0.3 is 10.2 Å². The van der Waals surface area contributed by atoms with Gasteiger partial charge in [-0.1, -0.05) is 0 Å². The number of halogens is 2. The number of hydrogen-bond acceptors (Lipinski definition) is 4. The van der Waals surface area contributed by atoms with Crippen molar-refractivity contribution in [3.63, 3.8) is 0 Å². The Balaban J connectivity index is 2.07. The Morgan fingerprint density at radius 2 is 2.00 bits per heavy atom. The lowest BCUT2D eigenvalue weighted by atomic mass is 9.85. The van der Waals surface area contributed by atoms with Crippen LogP contribution in [0, 0.1) is 11.8 Å². The summed E-state index contributed by atoms with van der Waals surface area (Å²) in [6, 6.07) is 0. The average molecular weight is 303 g/mol. The van der Waals surface area contributed by atoms with Crippen molar-refractivity contribution in [1.29, 1.82) is 0 Å². The normalized spacial score (nSPS) is 23.4. The van der Waals surface area contributed by atoms with Crippen LogP contribution < -0.4 is 0 Å². The highest BCUT2D eigenvalue weighted by atomic mass is 19.3. The van der Waals surface area contributed by atoms with Gasteiger partial charge in [-0.05, 0) is 13.0 Å². The van der Waals surface area contributed by atoms with Gasteiger partial charge in [-0.2, -0.15) is 8.78 Å². The molecule has 1 aromatic heterocycles. The first-order valence-electron chi connectivity index (χ1n) is 6.38. The molecule has 7 nitrogen and oxygen atoms in total. The summed E-state index contributed by atoms with van der Waals surface area (Å²) in [5.41, 5.74) is 0. The van der Waals surface area contributed by atoms with Crippen molar-refractivity contribution in [3.05, 3.63) is 18.2 Å². The minimum atomic E-state index is -2.71. The van der Waals surface area contributed by atoms with Crippen LogP contribution in [-0.2, 0) is 16.1 Å². The predicted molar refractivity (Wildman–Crippen MR) is 65.6 cm³/mol. The maximum absolute atomic E-state index is 12.7. The van der Waals surface area contributed by atoms with E-state index in [4.69, 9.17) is 10.2 Å². The summed E-state index contributed by atoms with van der Waals surface area (Å²) in [5, 5.41) is 18.1. The first-order chi connectivity index (χ1) is 9.90. The molecule has 1 fully saturated rings. The number of rotatable bonds is 5. The Bertz CT molecular complexity index is 534. The lowest BCUT2D eigenvalue weighted by Crippen LogP contribution is -2.46. The van der Waals surface area contributed by atoms with Crippen molar-refractivity contribution in [3.8, 4) is 0 Å². The number of carbonyl (C=O) groups is 2. The minimum Gasteiger partial charge on any atom is -0.481 e. The number of carboxylic acid groups (broad SMARTS) is 2. The van der Waals surface area contributed by atoms with E-state index >= 15 is 0 Å². The fourth-order valence-electron chi connectivity index (χ4n) is 2.55. The van der Waals surface area contributed by atoms with Gasteiger partial charge in [0.25, 0.3) is 0 Å². The van der Waals surface area contributed by atoms with Crippen molar-refractivity contribution in [2.45, 2.75) is 19.5 Å². The molecular formula is C12H15F2N3O4. The van der Waals surface area contributed by atoms with Crippen LogP contribution in [-0.4, -0.2) is 49.7 Å². The first-order valence-corrected chi connectivity index (χ1v) is 6.38. The fourth-order valence-corrected chi connectivity index (χ4v) is 2.55. The van der Waals surface area contributed by atoms with Crippen molar-refractivity contribution in [2.75, 3.05) is 13.1 Å². The molecule has 2 rings (SSSR count). The van der Waals surface area contributed by atoms with Crippen LogP contribution >= 0.6 is 0 Å². The molecule has 1 saturated heterocycles. The van der Waals surface area contributed by atoms with E-state index in [9.17, 15) is 18.4 Å². The summed E-state index contributed by atoms with van der Waals surface area (Å²) in [6.07, 6.45) is 2.57. The zero-order valence-corrected chi connectivity index (χ0v) is 11.0. The zero-order valence-electron chi connectivity index (χ0n) is 11.0. The van der Waals surface area contributed by atoms with Gasteiger partial charge in [0.2, 0.25) is 0 Å². The highest BCUT2D eigenvalue weighted by molar-refractivity contribution is 5.80. The molecule has 2 atom stereocenters. The van der Waals surface area contributed by atoms with Gasteiger partial charge in [0, 0.05) is 18.9 Å². The maximum Gasteiger partial charge on any atom is 0.319 e. The lowest BCUT2D eigenvalue weighted by Gasteiger charge is -2.34. The van der Waals surface area contributed by atoms with E-state index in [2.05, 4.69) is 4.98 Å². The summed E-state index contributed by atoms with van der Waals surface area (Å²) in [7, 11) is 0. The summed E-state index contributed by atoms with van der Waals surface area (Å²) in [5.74, 6) is -4.21. The monoisotopic (exact) mass is 303 g/mol. The molecule has 9 heteroatoms. The molecule has 116 valence electrons. The second-order valence-electron chi connectivity index (χ2n) is 4.94. The molecule has 0 radical (unpaired) electrons. The van der Waals surface area contributed by atoms with Crippen LogP contribution in [0.5, 0.6) is 0 Å². The highest BCUT2D eigenvalue weighted by Gasteiger charge is 2.38. The van der Waals surface area contributed by atoms with Crippen LogP contribution in [0.15, 0.2) is 12.4 Å². The molecule has 0 spiro atoms. The molecule has 1 aliphatic heterocycles. The summed E-state index contributed by atoms with van der Waals surface area (Å²) in [6.45, 7) is -2.32.